The van der Waals surface area contributed by atoms with Gasteiger partial charge in [-0.05, 0) is 0 Å². The number of rotatable bonds is 4. The summed E-state index contributed by atoms with van der Waals surface area (Å²) < 4.78 is 17.0. The van der Waals surface area contributed by atoms with Gasteiger partial charge in [-0.15, -0.1) is 0 Å². The lowest BCUT2D eigenvalue weighted by molar-refractivity contribution is -0.231. The standard InChI is InChI=1S/C26H28O13/c27-7-13-18(31)21(34)23(36)26(39-13)16-20(33)15(25-22(35)17(30)11(29)8-37-25)19(32)14-10(28)6-12(38-24(14)16)9-4-2-1-3-5-9/h1-6,11,13,17-18,21-23,25-27,29-36H,7-8H2/t11-,13-,17-,18-,21+,22+,23-,25?,26?/m1/s1. The van der Waals surface area contributed by atoms with Gasteiger partial charge in [0, 0.05) is 11.6 Å². The van der Waals surface area contributed by atoms with Crippen LogP contribution in [0.15, 0.2) is 45.6 Å². The maximum absolute atomic E-state index is 13.4. The number of fused-ring (bicyclic) bond motifs is 1. The summed E-state index contributed by atoms with van der Waals surface area (Å²) in [5.41, 5.74) is -1.84. The average molecular weight is 548 g/mol. The van der Waals surface area contributed by atoms with Crippen molar-refractivity contribution in [3.8, 4) is 22.8 Å². The highest BCUT2D eigenvalue weighted by Gasteiger charge is 2.48. The first kappa shape index (κ1) is 27.5. The molecule has 2 saturated heterocycles. The molecule has 9 N–H and O–H groups in total. The Bertz CT molecular complexity index is 1400. The zero-order valence-corrected chi connectivity index (χ0v) is 20.2. The van der Waals surface area contributed by atoms with Crippen LogP contribution in [0.25, 0.3) is 22.3 Å². The number of hydrogen-bond donors (Lipinski definition) is 9. The van der Waals surface area contributed by atoms with Gasteiger partial charge in [0.15, 0.2) is 11.0 Å². The Morgan fingerprint density at radius 3 is 2.13 bits per heavy atom. The van der Waals surface area contributed by atoms with Gasteiger partial charge in [-0.3, -0.25) is 4.79 Å². The van der Waals surface area contributed by atoms with Gasteiger partial charge < -0.3 is 59.8 Å². The van der Waals surface area contributed by atoms with E-state index in [0.717, 1.165) is 6.07 Å². The molecule has 9 atom stereocenters. The van der Waals surface area contributed by atoms with Crippen molar-refractivity contribution >= 4 is 11.0 Å². The molecule has 2 unspecified atom stereocenters. The average Bonchev–Trinajstić information content (AvgIpc) is 2.93. The van der Waals surface area contributed by atoms with E-state index in [9.17, 15) is 50.8 Å². The van der Waals surface area contributed by atoms with Crippen molar-refractivity contribution in [2.45, 2.75) is 54.9 Å². The summed E-state index contributed by atoms with van der Waals surface area (Å²) in [6, 6.07) is 9.42. The van der Waals surface area contributed by atoms with E-state index < -0.39 is 107 Å². The molecule has 2 aromatic carbocycles. The smallest absolute Gasteiger partial charge is 0.197 e. The van der Waals surface area contributed by atoms with Crippen LogP contribution >= 0.6 is 0 Å². The van der Waals surface area contributed by atoms with Crippen LogP contribution in [0.3, 0.4) is 0 Å². The van der Waals surface area contributed by atoms with Gasteiger partial charge in [-0.25, -0.2) is 0 Å². The van der Waals surface area contributed by atoms with Gasteiger partial charge in [0.05, 0.1) is 24.3 Å². The molecule has 5 rings (SSSR count). The zero-order chi connectivity index (χ0) is 28.2. The van der Waals surface area contributed by atoms with Crippen molar-refractivity contribution in [1.82, 2.24) is 0 Å². The largest absolute Gasteiger partial charge is 0.507 e. The van der Waals surface area contributed by atoms with Gasteiger partial charge in [0.1, 0.15) is 77.6 Å². The van der Waals surface area contributed by atoms with Crippen LogP contribution < -0.4 is 5.43 Å². The number of aliphatic hydroxyl groups excluding tert-OH is 7. The van der Waals surface area contributed by atoms with Crippen LogP contribution in [0.5, 0.6) is 11.5 Å². The normalized spacial score (nSPS) is 33.4. The zero-order valence-electron chi connectivity index (χ0n) is 20.2. The fourth-order valence-electron chi connectivity index (χ4n) is 5.09. The van der Waals surface area contributed by atoms with Crippen LogP contribution in [0.4, 0.5) is 0 Å². The SMILES string of the molecule is O=c1cc(-c2ccccc2)oc2c(C3O[C@H](CO)[C@@H](O)[C@H](O)[C@H]3O)c(O)c(C3OC[C@@H](O)[C@@H](O)[C@@H]3O)c(O)c12. The third kappa shape index (κ3) is 4.47. The quantitative estimate of drug-likeness (QED) is 0.182. The molecule has 13 nitrogen and oxygen atoms in total. The summed E-state index contributed by atoms with van der Waals surface area (Å²) in [6.07, 6.45) is -15.4. The minimum absolute atomic E-state index is 0.0120. The fraction of sp³-hybridized carbons (Fsp3) is 0.423. The van der Waals surface area contributed by atoms with Crippen molar-refractivity contribution in [2.75, 3.05) is 13.2 Å². The van der Waals surface area contributed by atoms with Crippen molar-refractivity contribution in [1.29, 1.82) is 0 Å². The van der Waals surface area contributed by atoms with E-state index in [-0.39, 0.29) is 5.76 Å². The van der Waals surface area contributed by atoms with Crippen molar-refractivity contribution in [2.24, 2.45) is 0 Å². The van der Waals surface area contributed by atoms with Crippen molar-refractivity contribution in [3.63, 3.8) is 0 Å². The van der Waals surface area contributed by atoms with E-state index in [4.69, 9.17) is 13.9 Å². The van der Waals surface area contributed by atoms with E-state index in [1.165, 1.54) is 0 Å². The molecule has 2 aliphatic heterocycles. The Hall–Kier alpha value is -3.11. The number of phenols is 2. The van der Waals surface area contributed by atoms with E-state index >= 15 is 0 Å². The Balaban J connectivity index is 1.81. The molecule has 2 aliphatic rings. The van der Waals surface area contributed by atoms with Crippen LogP contribution in [0.1, 0.15) is 23.3 Å². The molecule has 0 aliphatic carbocycles. The summed E-state index contributed by atoms with van der Waals surface area (Å²) in [5, 5.41) is 94.0. The summed E-state index contributed by atoms with van der Waals surface area (Å²) in [7, 11) is 0. The first-order valence-electron chi connectivity index (χ1n) is 12.1. The minimum atomic E-state index is -1.93. The lowest BCUT2D eigenvalue weighted by Crippen LogP contribution is -2.55. The van der Waals surface area contributed by atoms with Crippen molar-refractivity contribution in [3.05, 3.63) is 57.7 Å². The van der Waals surface area contributed by atoms with E-state index in [0.29, 0.717) is 5.56 Å². The van der Waals surface area contributed by atoms with Crippen LogP contribution in [0, 0.1) is 0 Å². The predicted molar refractivity (Wildman–Crippen MR) is 131 cm³/mol. The first-order valence-corrected chi connectivity index (χ1v) is 12.1. The van der Waals surface area contributed by atoms with Crippen LogP contribution in [-0.2, 0) is 9.47 Å². The van der Waals surface area contributed by atoms with E-state index in [1.807, 2.05) is 0 Å². The summed E-state index contributed by atoms with van der Waals surface area (Å²) in [5.74, 6) is -1.74. The summed E-state index contributed by atoms with van der Waals surface area (Å²) in [4.78, 5) is 13.4. The Morgan fingerprint density at radius 2 is 1.46 bits per heavy atom. The van der Waals surface area contributed by atoms with Gasteiger partial charge >= 0.3 is 0 Å². The Morgan fingerprint density at radius 1 is 0.795 bits per heavy atom. The number of hydrogen-bond acceptors (Lipinski definition) is 13. The number of benzene rings is 2. The molecule has 39 heavy (non-hydrogen) atoms. The maximum Gasteiger partial charge on any atom is 0.197 e. The highest BCUT2D eigenvalue weighted by Crippen LogP contribution is 2.50. The van der Waals surface area contributed by atoms with E-state index in [1.54, 1.807) is 30.3 Å². The third-order valence-electron chi connectivity index (χ3n) is 7.21. The molecule has 13 heteroatoms. The summed E-state index contributed by atoms with van der Waals surface area (Å²) >= 11 is 0. The van der Waals surface area contributed by atoms with Gasteiger partial charge in [-0.1, -0.05) is 30.3 Å². The molecule has 2 fully saturated rings. The lowest BCUT2D eigenvalue weighted by Gasteiger charge is -2.41. The molecule has 0 amide bonds. The van der Waals surface area contributed by atoms with Crippen LogP contribution in [0.2, 0.25) is 0 Å². The molecule has 210 valence electrons. The number of phenolic OH excluding ortho intramolecular Hbond substituents is 2. The molecule has 3 heterocycles. The highest BCUT2D eigenvalue weighted by molar-refractivity contribution is 5.91. The van der Waals surface area contributed by atoms with Crippen LogP contribution in [-0.4, -0.2) is 102 Å². The predicted octanol–water partition coefficient (Wildman–Crippen LogP) is -1.46. The first-order chi connectivity index (χ1) is 18.6. The molecule has 0 spiro atoms. The van der Waals surface area contributed by atoms with Gasteiger partial charge in [0.25, 0.3) is 0 Å². The van der Waals surface area contributed by atoms with Crippen molar-refractivity contribution < 1.29 is 59.8 Å². The van der Waals surface area contributed by atoms with E-state index in [2.05, 4.69) is 0 Å². The molecule has 3 aromatic rings. The molecule has 1 aromatic heterocycles. The number of ether oxygens (including phenoxy) is 2. The third-order valence-corrected chi connectivity index (χ3v) is 7.21. The summed E-state index contributed by atoms with van der Waals surface area (Å²) in [6.45, 7) is -1.30. The minimum Gasteiger partial charge on any atom is -0.507 e. The fourth-order valence-corrected chi connectivity index (χ4v) is 5.09. The molecular weight excluding hydrogens is 520 g/mol. The molecule has 0 radical (unpaired) electrons. The van der Waals surface area contributed by atoms with Gasteiger partial charge in [0.2, 0.25) is 0 Å². The highest BCUT2D eigenvalue weighted by atomic mass is 16.5. The monoisotopic (exact) mass is 548 g/mol. The number of aliphatic hydroxyl groups is 7. The lowest BCUT2D eigenvalue weighted by atomic mass is 9.85. The topological polar surface area (TPSA) is 231 Å². The molecule has 0 bridgehead atoms. The Kier molecular flexibility index (Phi) is 7.37. The molecule has 0 saturated carbocycles. The Labute approximate surface area is 220 Å². The second-order valence-electron chi connectivity index (χ2n) is 9.62. The second-order valence-corrected chi connectivity index (χ2v) is 9.62. The maximum atomic E-state index is 13.4. The number of aromatic hydroxyl groups is 2. The van der Waals surface area contributed by atoms with Gasteiger partial charge in [-0.2, -0.15) is 0 Å². The molecular formula is C26H28O13. The second kappa shape index (κ2) is 10.5.